The maximum Gasteiger partial charge on any atom is 0.150 e. The van der Waals surface area contributed by atoms with Gasteiger partial charge in [-0.1, -0.05) is 12.1 Å². The highest BCUT2D eigenvalue weighted by Crippen LogP contribution is 2.18. The van der Waals surface area contributed by atoms with Crippen molar-refractivity contribution in [3.63, 3.8) is 0 Å². The third-order valence-corrected chi connectivity index (χ3v) is 2.30. The number of nitrogens with zero attached hydrogens (tertiary/aromatic N) is 1. The normalized spacial score (nSPS) is 10.6. The number of aromatic nitrogens is 1. The van der Waals surface area contributed by atoms with Crippen LogP contribution < -0.4 is 0 Å². The fourth-order valence-electron chi connectivity index (χ4n) is 1.64. The Morgan fingerprint density at radius 2 is 2.21 bits per heavy atom. The van der Waals surface area contributed by atoms with Crippen LogP contribution in [0.15, 0.2) is 30.5 Å². The van der Waals surface area contributed by atoms with Crippen LogP contribution in [0.2, 0.25) is 0 Å². The van der Waals surface area contributed by atoms with Gasteiger partial charge in [0.1, 0.15) is 6.67 Å². The Bertz CT molecular complexity index is 461. The second-order valence-corrected chi connectivity index (χ2v) is 3.10. The predicted octanol–water partition coefficient (Wildman–Crippen LogP) is 2.42. The van der Waals surface area contributed by atoms with Crippen LogP contribution in [0.5, 0.6) is 0 Å². The highest BCUT2D eigenvalue weighted by atomic mass is 19.1. The van der Waals surface area contributed by atoms with Gasteiger partial charge in [-0.15, -0.1) is 0 Å². The number of fused-ring (bicyclic) bond motifs is 1. The van der Waals surface area contributed by atoms with Gasteiger partial charge in [0.25, 0.3) is 0 Å². The molecule has 2 nitrogen and oxygen atoms in total. The van der Waals surface area contributed by atoms with Crippen molar-refractivity contribution in [3.05, 3.63) is 36.0 Å². The molecule has 0 saturated heterocycles. The molecule has 2 rings (SSSR count). The number of hydrogen-bond acceptors (Lipinski definition) is 1. The van der Waals surface area contributed by atoms with E-state index in [4.69, 9.17) is 0 Å². The molecule has 0 spiro atoms. The fraction of sp³-hybridized carbons (Fsp3) is 0.182. The van der Waals surface area contributed by atoms with Gasteiger partial charge in [-0.25, -0.2) is 4.39 Å². The largest absolute Gasteiger partial charge is 0.345 e. The lowest BCUT2D eigenvalue weighted by Gasteiger charge is -2.01. The van der Waals surface area contributed by atoms with Gasteiger partial charge in [0.15, 0.2) is 6.29 Å². The van der Waals surface area contributed by atoms with Crippen molar-refractivity contribution in [1.29, 1.82) is 0 Å². The zero-order valence-electron chi connectivity index (χ0n) is 7.61. The van der Waals surface area contributed by atoms with Gasteiger partial charge in [0, 0.05) is 22.7 Å². The minimum Gasteiger partial charge on any atom is -0.345 e. The van der Waals surface area contributed by atoms with Crippen LogP contribution in [0.3, 0.4) is 0 Å². The molecule has 0 aliphatic heterocycles. The molecule has 0 radical (unpaired) electrons. The molecule has 2 aromatic rings. The smallest absolute Gasteiger partial charge is 0.150 e. The van der Waals surface area contributed by atoms with Crippen LogP contribution in [-0.2, 0) is 6.54 Å². The first-order valence-electron chi connectivity index (χ1n) is 4.46. The van der Waals surface area contributed by atoms with Crippen LogP contribution in [0.25, 0.3) is 10.9 Å². The van der Waals surface area contributed by atoms with E-state index in [1.807, 2.05) is 16.7 Å². The highest BCUT2D eigenvalue weighted by Gasteiger charge is 2.03. The van der Waals surface area contributed by atoms with Crippen LogP contribution in [0, 0.1) is 0 Å². The fourth-order valence-corrected chi connectivity index (χ4v) is 1.64. The molecular weight excluding hydrogens is 181 g/mol. The first-order valence-corrected chi connectivity index (χ1v) is 4.46. The standard InChI is InChI=1S/C11H10FNO/c12-5-7-13-6-4-10-9(8-14)2-1-3-11(10)13/h1-4,6,8H,5,7H2. The monoisotopic (exact) mass is 191 g/mol. The lowest BCUT2D eigenvalue weighted by molar-refractivity contribution is 0.112. The number of rotatable bonds is 3. The molecular formula is C11H10FNO. The van der Waals surface area contributed by atoms with Crippen molar-refractivity contribution < 1.29 is 9.18 Å². The average molecular weight is 191 g/mol. The van der Waals surface area contributed by atoms with Crippen LogP contribution in [0.1, 0.15) is 10.4 Å². The van der Waals surface area contributed by atoms with Crippen molar-refractivity contribution in [1.82, 2.24) is 4.57 Å². The molecule has 0 unspecified atom stereocenters. The van der Waals surface area contributed by atoms with Crippen molar-refractivity contribution in [2.45, 2.75) is 6.54 Å². The third kappa shape index (κ3) is 1.31. The van der Waals surface area contributed by atoms with Gasteiger partial charge in [-0.05, 0) is 12.1 Å². The Hall–Kier alpha value is -1.64. The molecule has 0 amide bonds. The first kappa shape index (κ1) is 8.94. The number of aldehydes is 1. The summed E-state index contributed by atoms with van der Waals surface area (Å²) < 4.78 is 14.0. The Morgan fingerprint density at radius 1 is 1.36 bits per heavy atom. The van der Waals surface area contributed by atoms with Crippen molar-refractivity contribution in [2.75, 3.05) is 6.67 Å². The van der Waals surface area contributed by atoms with E-state index in [9.17, 15) is 9.18 Å². The second kappa shape index (κ2) is 3.62. The molecule has 0 N–H and O–H groups in total. The van der Waals surface area contributed by atoms with E-state index in [1.54, 1.807) is 18.3 Å². The lowest BCUT2D eigenvalue weighted by atomic mass is 10.1. The summed E-state index contributed by atoms with van der Waals surface area (Å²) in [5, 5.41) is 0.885. The number of hydrogen-bond donors (Lipinski definition) is 0. The zero-order valence-corrected chi connectivity index (χ0v) is 7.61. The molecule has 14 heavy (non-hydrogen) atoms. The Balaban J connectivity index is 2.63. The molecule has 1 aromatic heterocycles. The summed E-state index contributed by atoms with van der Waals surface area (Å²) in [4.78, 5) is 10.7. The summed E-state index contributed by atoms with van der Waals surface area (Å²) in [5.74, 6) is 0. The molecule has 0 aliphatic carbocycles. The number of aryl methyl sites for hydroxylation is 1. The second-order valence-electron chi connectivity index (χ2n) is 3.10. The number of alkyl halides is 1. The Morgan fingerprint density at radius 3 is 2.93 bits per heavy atom. The summed E-state index contributed by atoms with van der Waals surface area (Å²) in [7, 11) is 0. The maximum atomic E-state index is 12.2. The topological polar surface area (TPSA) is 22.0 Å². The number of benzene rings is 1. The first-order chi connectivity index (χ1) is 6.86. The van der Waals surface area contributed by atoms with Crippen molar-refractivity contribution >= 4 is 17.2 Å². The number of carbonyl (C=O) groups excluding carboxylic acids is 1. The van der Waals surface area contributed by atoms with Crippen LogP contribution in [0.4, 0.5) is 4.39 Å². The molecule has 1 heterocycles. The van der Waals surface area contributed by atoms with E-state index >= 15 is 0 Å². The van der Waals surface area contributed by atoms with Crippen LogP contribution in [-0.4, -0.2) is 17.5 Å². The predicted molar refractivity (Wildman–Crippen MR) is 53.3 cm³/mol. The SMILES string of the molecule is O=Cc1cccc2c1ccn2CCF. The summed E-state index contributed by atoms with van der Waals surface area (Å²) in [6.07, 6.45) is 2.62. The van der Waals surface area contributed by atoms with E-state index < -0.39 is 6.67 Å². The molecule has 0 bridgehead atoms. The van der Waals surface area contributed by atoms with Gasteiger partial charge in [-0.3, -0.25) is 4.79 Å². The molecule has 3 heteroatoms. The molecule has 0 aliphatic rings. The summed E-state index contributed by atoms with van der Waals surface area (Å²) >= 11 is 0. The summed E-state index contributed by atoms with van der Waals surface area (Å²) in [6, 6.07) is 7.29. The average Bonchev–Trinajstić information content (AvgIpc) is 2.62. The molecule has 0 saturated carbocycles. The summed E-state index contributed by atoms with van der Waals surface area (Å²) in [6.45, 7) is -0.0547. The van der Waals surface area contributed by atoms with Crippen LogP contribution >= 0.6 is 0 Å². The quantitative estimate of drug-likeness (QED) is 0.683. The summed E-state index contributed by atoms with van der Waals surface area (Å²) in [5.41, 5.74) is 1.56. The minimum atomic E-state index is -0.394. The Labute approximate surface area is 81.0 Å². The minimum absolute atomic E-state index is 0.339. The lowest BCUT2D eigenvalue weighted by Crippen LogP contribution is -1.97. The van der Waals surface area contributed by atoms with E-state index in [0.717, 1.165) is 17.2 Å². The number of carbonyl (C=O) groups is 1. The van der Waals surface area contributed by atoms with Crippen molar-refractivity contribution in [2.24, 2.45) is 0 Å². The number of halogens is 1. The van der Waals surface area contributed by atoms with Gasteiger partial charge in [0.2, 0.25) is 0 Å². The van der Waals surface area contributed by atoms with E-state index in [-0.39, 0.29) is 0 Å². The highest BCUT2D eigenvalue weighted by molar-refractivity contribution is 5.97. The van der Waals surface area contributed by atoms with Crippen molar-refractivity contribution in [3.8, 4) is 0 Å². The van der Waals surface area contributed by atoms with E-state index in [2.05, 4.69) is 0 Å². The van der Waals surface area contributed by atoms with Gasteiger partial charge in [-0.2, -0.15) is 0 Å². The maximum absolute atomic E-state index is 12.2. The zero-order chi connectivity index (χ0) is 9.97. The van der Waals surface area contributed by atoms with Gasteiger partial charge >= 0.3 is 0 Å². The molecule has 0 atom stereocenters. The van der Waals surface area contributed by atoms with E-state index in [1.165, 1.54) is 0 Å². The molecule has 1 aromatic carbocycles. The Kier molecular flexibility index (Phi) is 2.31. The molecule has 72 valence electrons. The van der Waals surface area contributed by atoms with E-state index in [0.29, 0.717) is 12.1 Å². The van der Waals surface area contributed by atoms with Gasteiger partial charge in [0.05, 0.1) is 6.54 Å². The molecule has 0 fully saturated rings. The third-order valence-electron chi connectivity index (χ3n) is 2.30. The van der Waals surface area contributed by atoms with Gasteiger partial charge < -0.3 is 4.57 Å².